The van der Waals surface area contributed by atoms with Crippen molar-refractivity contribution in [1.82, 2.24) is 10.3 Å². The van der Waals surface area contributed by atoms with Crippen LogP contribution in [0.3, 0.4) is 0 Å². The largest absolute Gasteiger partial charge is 0.433 e. The summed E-state index contributed by atoms with van der Waals surface area (Å²) in [5.74, 6) is -1.55. The summed E-state index contributed by atoms with van der Waals surface area (Å²) in [5, 5.41) is 2.77. The summed E-state index contributed by atoms with van der Waals surface area (Å²) < 4.78 is 76.8. The van der Waals surface area contributed by atoms with E-state index in [0.29, 0.717) is 17.5 Å². The minimum atomic E-state index is -4.53. The highest BCUT2D eigenvalue weighted by Crippen LogP contribution is 2.54. The first-order chi connectivity index (χ1) is 14.2. The van der Waals surface area contributed by atoms with E-state index < -0.39 is 45.1 Å². The number of carbonyl (C=O) groups excluding carboxylic acids is 1. The zero-order chi connectivity index (χ0) is 23.2. The van der Waals surface area contributed by atoms with Crippen LogP contribution in [0.5, 0.6) is 0 Å². The van der Waals surface area contributed by atoms with E-state index in [9.17, 15) is 30.8 Å². The predicted octanol–water partition coefficient (Wildman–Crippen LogP) is 3.77. The lowest BCUT2D eigenvalue weighted by Crippen LogP contribution is -2.30. The first-order valence-electron chi connectivity index (χ1n) is 9.32. The van der Waals surface area contributed by atoms with Crippen LogP contribution in [0.15, 0.2) is 36.5 Å². The number of rotatable bonds is 6. The molecular weight excluding hydrogens is 438 g/mol. The molecule has 31 heavy (non-hydrogen) atoms. The number of aromatic nitrogens is 1. The monoisotopic (exact) mass is 459 g/mol. The number of hydrogen-bond acceptors (Lipinski definition) is 4. The Balaban J connectivity index is 1.66. The number of anilines is 1. The Morgan fingerprint density at radius 2 is 1.94 bits per heavy atom. The molecule has 1 amide bonds. The molecule has 0 radical (unpaired) electrons. The van der Waals surface area contributed by atoms with Gasteiger partial charge in [0, 0.05) is 17.5 Å². The summed E-state index contributed by atoms with van der Waals surface area (Å²) in [6.45, 7) is 3.42. The van der Waals surface area contributed by atoms with E-state index >= 15 is 0 Å². The second kappa shape index (κ2) is 7.77. The normalized spacial score (nSPS) is 22.0. The molecule has 168 valence electrons. The number of sulfonamides is 1. The average Bonchev–Trinajstić information content (AvgIpc) is 3.35. The van der Waals surface area contributed by atoms with E-state index in [1.54, 1.807) is 13.8 Å². The minimum Gasteiger partial charge on any atom is -0.349 e. The molecule has 2 aromatic rings. The number of nitrogens with zero attached hydrogens (tertiary/aromatic N) is 1. The van der Waals surface area contributed by atoms with Gasteiger partial charge in [0.25, 0.3) is 0 Å². The predicted molar refractivity (Wildman–Crippen MR) is 106 cm³/mol. The smallest absolute Gasteiger partial charge is 0.349 e. The maximum atomic E-state index is 14.2. The van der Waals surface area contributed by atoms with Gasteiger partial charge in [-0.2, -0.15) is 13.2 Å². The van der Waals surface area contributed by atoms with Gasteiger partial charge in [0.2, 0.25) is 15.9 Å². The molecule has 1 aromatic carbocycles. The first-order valence-corrected chi connectivity index (χ1v) is 11.2. The SMILES string of the molecule is C[C@@H](NC(=O)[C@H]1C[C@]1(C)c1ccc(C(F)(F)F)nc1)c1ccc(NS(C)(=O)=O)c(F)c1. The Morgan fingerprint density at radius 1 is 1.26 bits per heavy atom. The van der Waals surface area contributed by atoms with E-state index in [1.807, 2.05) is 0 Å². The fraction of sp³-hybridized carbons (Fsp3) is 0.400. The van der Waals surface area contributed by atoms with Crippen LogP contribution in [0.25, 0.3) is 0 Å². The van der Waals surface area contributed by atoms with Crippen molar-refractivity contribution in [3.63, 3.8) is 0 Å². The number of hydrogen-bond donors (Lipinski definition) is 2. The zero-order valence-electron chi connectivity index (χ0n) is 16.9. The molecule has 1 saturated carbocycles. The molecule has 0 unspecified atom stereocenters. The van der Waals surface area contributed by atoms with Crippen LogP contribution in [-0.2, 0) is 26.4 Å². The Bertz CT molecular complexity index is 1100. The van der Waals surface area contributed by atoms with Crippen molar-refractivity contribution in [2.75, 3.05) is 11.0 Å². The summed E-state index contributed by atoms with van der Waals surface area (Å²) >= 11 is 0. The van der Waals surface area contributed by atoms with Gasteiger partial charge in [-0.3, -0.25) is 14.5 Å². The van der Waals surface area contributed by atoms with Crippen molar-refractivity contribution in [2.24, 2.45) is 5.92 Å². The van der Waals surface area contributed by atoms with Crippen molar-refractivity contribution in [3.05, 3.63) is 59.2 Å². The van der Waals surface area contributed by atoms with Gasteiger partial charge in [0.05, 0.1) is 18.0 Å². The van der Waals surface area contributed by atoms with Gasteiger partial charge in [-0.1, -0.05) is 19.1 Å². The summed E-state index contributed by atoms with van der Waals surface area (Å²) in [5.41, 5.74) is -0.852. The highest BCUT2D eigenvalue weighted by atomic mass is 32.2. The number of amides is 1. The molecule has 11 heteroatoms. The highest BCUT2D eigenvalue weighted by molar-refractivity contribution is 7.92. The lowest BCUT2D eigenvalue weighted by molar-refractivity contribution is -0.141. The molecule has 1 aromatic heterocycles. The molecule has 1 heterocycles. The summed E-state index contributed by atoms with van der Waals surface area (Å²) in [6.07, 6.45) is -2.04. The topological polar surface area (TPSA) is 88.2 Å². The second-order valence-electron chi connectivity index (χ2n) is 7.95. The van der Waals surface area contributed by atoms with Gasteiger partial charge in [-0.15, -0.1) is 0 Å². The Hall–Kier alpha value is -2.69. The zero-order valence-corrected chi connectivity index (χ0v) is 17.7. The number of carbonyl (C=O) groups is 1. The Labute approximate surface area is 177 Å². The van der Waals surface area contributed by atoms with Crippen molar-refractivity contribution in [1.29, 1.82) is 0 Å². The Kier molecular flexibility index (Phi) is 5.76. The van der Waals surface area contributed by atoms with Crippen molar-refractivity contribution in [3.8, 4) is 0 Å². The number of halogens is 4. The molecule has 1 aliphatic rings. The van der Waals surface area contributed by atoms with Gasteiger partial charge in [-0.25, -0.2) is 12.8 Å². The summed E-state index contributed by atoms with van der Waals surface area (Å²) in [7, 11) is -3.63. The quantitative estimate of drug-likeness (QED) is 0.644. The molecule has 6 nitrogen and oxygen atoms in total. The van der Waals surface area contributed by atoms with Gasteiger partial charge in [-0.05, 0) is 42.7 Å². The van der Waals surface area contributed by atoms with Crippen molar-refractivity contribution < 1.29 is 30.8 Å². The molecule has 0 saturated heterocycles. The molecule has 0 spiro atoms. The van der Waals surface area contributed by atoms with E-state index in [-0.39, 0.29) is 11.6 Å². The van der Waals surface area contributed by atoms with E-state index in [0.717, 1.165) is 24.6 Å². The molecule has 3 atom stereocenters. The van der Waals surface area contributed by atoms with Crippen molar-refractivity contribution >= 4 is 21.6 Å². The van der Waals surface area contributed by atoms with Gasteiger partial charge in [0.1, 0.15) is 11.5 Å². The maximum absolute atomic E-state index is 14.2. The molecule has 1 fully saturated rings. The summed E-state index contributed by atoms with van der Waals surface area (Å²) in [4.78, 5) is 16.1. The first kappa shape index (κ1) is 23.0. The van der Waals surface area contributed by atoms with Crippen LogP contribution in [-0.4, -0.2) is 25.6 Å². The molecule has 1 aliphatic carbocycles. The van der Waals surface area contributed by atoms with Crippen LogP contribution in [0.4, 0.5) is 23.2 Å². The molecule has 0 bridgehead atoms. The molecule has 0 aliphatic heterocycles. The number of benzene rings is 1. The van der Waals surface area contributed by atoms with Gasteiger partial charge in [0.15, 0.2) is 0 Å². The summed E-state index contributed by atoms with van der Waals surface area (Å²) in [6, 6.07) is 5.55. The van der Waals surface area contributed by atoms with E-state index in [4.69, 9.17) is 0 Å². The second-order valence-corrected chi connectivity index (χ2v) is 9.70. The van der Waals surface area contributed by atoms with Gasteiger partial charge < -0.3 is 5.32 Å². The van der Waals surface area contributed by atoms with Gasteiger partial charge >= 0.3 is 6.18 Å². The maximum Gasteiger partial charge on any atom is 0.433 e. The minimum absolute atomic E-state index is 0.200. The number of alkyl halides is 3. The van der Waals surface area contributed by atoms with Crippen LogP contribution in [0.1, 0.15) is 43.1 Å². The molecule has 3 rings (SSSR count). The fourth-order valence-corrected chi connectivity index (χ4v) is 4.01. The number of pyridine rings is 1. The van der Waals surface area contributed by atoms with Crippen LogP contribution in [0, 0.1) is 11.7 Å². The van der Waals surface area contributed by atoms with Crippen LogP contribution < -0.4 is 10.0 Å². The lowest BCUT2D eigenvalue weighted by atomic mass is 9.96. The average molecular weight is 459 g/mol. The highest BCUT2D eigenvalue weighted by Gasteiger charge is 2.56. The number of nitrogens with one attached hydrogen (secondary N) is 2. The Morgan fingerprint density at radius 3 is 2.45 bits per heavy atom. The van der Waals surface area contributed by atoms with E-state index in [2.05, 4.69) is 15.0 Å². The lowest BCUT2D eigenvalue weighted by Gasteiger charge is -2.17. The standard InChI is InChI=1S/C20H21F4N3O3S/c1-11(12-4-6-16(15(21)8-12)27-31(3,29)30)26-18(28)14-9-19(14,2)13-5-7-17(25-10-13)20(22,23)24/h4-8,10-11,14,27H,9H2,1-3H3,(H,26,28)/t11-,14-,19-/m1/s1. The molecule has 2 N–H and O–H groups in total. The van der Waals surface area contributed by atoms with Crippen LogP contribution in [0.2, 0.25) is 0 Å². The third-order valence-electron chi connectivity index (χ3n) is 5.41. The van der Waals surface area contributed by atoms with E-state index in [1.165, 1.54) is 18.2 Å². The third kappa shape index (κ3) is 5.15. The molecular formula is C20H21F4N3O3S. The van der Waals surface area contributed by atoms with Crippen molar-refractivity contribution in [2.45, 2.75) is 37.9 Å². The third-order valence-corrected chi connectivity index (χ3v) is 6.00. The van der Waals surface area contributed by atoms with Crippen LogP contribution >= 0.6 is 0 Å². The fourth-order valence-electron chi connectivity index (χ4n) is 3.45.